The predicted octanol–water partition coefficient (Wildman–Crippen LogP) is 3.21. The second-order valence-electron chi connectivity index (χ2n) is 3.67. The monoisotopic (exact) mass is 230 g/mol. The standard InChI is InChI=1S/C13H11FN2O/c1-9-2-5-12(17-9)8-16-11-4-3-10(7-15)13(14)6-11/h2-6,16H,8H2,1H3. The highest BCUT2D eigenvalue weighted by atomic mass is 19.1. The summed E-state index contributed by atoms with van der Waals surface area (Å²) in [5, 5.41) is 11.6. The van der Waals surface area contributed by atoms with E-state index in [4.69, 9.17) is 9.68 Å². The summed E-state index contributed by atoms with van der Waals surface area (Å²) in [6.07, 6.45) is 0. The lowest BCUT2D eigenvalue weighted by Crippen LogP contribution is -1.99. The first kappa shape index (κ1) is 11.2. The number of aryl methyl sites for hydroxylation is 1. The van der Waals surface area contributed by atoms with E-state index < -0.39 is 5.82 Å². The van der Waals surface area contributed by atoms with Gasteiger partial charge in [0.25, 0.3) is 0 Å². The fourth-order valence-corrected chi connectivity index (χ4v) is 1.49. The fraction of sp³-hybridized carbons (Fsp3) is 0.154. The molecule has 86 valence electrons. The van der Waals surface area contributed by atoms with Gasteiger partial charge < -0.3 is 9.73 Å². The van der Waals surface area contributed by atoms with Crippen molar-refractivity contribution in [2.45, 2.75) is 13.5 Å². The van der Waals surface area contributed by atoms with Gasteiger partial charge in [-0.25, -0.2) is 4.39 Å². The third kappa shape index (κ3) is 2.64. The number of anilines is 1. The van der Waals surface area contributed by atoms with Gasteiger partial charge in [-0.1, -0.05) is 0 Å². The molecule has 2 rings (SSSR count). The van der Waals surface area contributed by atoms with Crippen LogP contribution < -0.4 is 5.32 Å². The molecule has 0 aliphatic rings. The van der Waals surface area contributed by atoms with Crippen molar-refractivity contribution in [1.82, 2.24) is 0 Å². The van der Waals surface area contributed by atoms with Crippen LogP contribution in [0.5, 0.6) is 0 Å². The van der Waals surface area contributed by atoms with E-state index >= 15 is 0 Å². The zero-order valence-corrected chi connectivity index (χ0v) is 9.33. The molecule has 0 unspecified atom stereocenters. The Hall–Kier alpha value is -2.28. The normalized spacial score (nSPS) is 9.94. The predicted molar refractivity (Wildman–Crippen MR) is 61.9 cm³/mol. The largest absolute Gasteiger partial charge is 0.465 e. The van der Waals surface area contributed by atoms with Crippen LogP contribution in [0.2, 0.25) is 0 Å². The quantitative estimate of drug-likeness (QED) is 0.880. The van der Waals surface area contributed by atoms with Crippen molar-refractivity contribution >= 4 is 5.69 Å². The second-order valence-corrected chi connectivity index (χ2v) is 3.67. The topological polar surface area (TPSA) is 49.0 Å². The smallest absolute Gasteiger partial charge is 0.143 e. The summed E-state index contributed by atoms with van der Waals surface area (Å²) in [5.41, 5.74) is 0.667. The zero-order chi connectivity index (χ0) is 12.3. The highest BCUT2D eigenvalue weighted by Crippen LogP contribution is 2.15. The number of hydrogen-bond donors (Lipinski definition) is 1. The second kappa shape index (κ2) is 4.71. The maximum atomic E-state index is 13.3. The van der Waals surface area contributed by atoms with E-state index in [2.05, 4.69) is 5.32 Å². The molecule has 3 nitrogen and oxygen atoms in total. The highest BCUT2D eigenvalue weighted by Gasteiger charge is 2.03. The number of benzene rings is 1. The molecule has 4 heteroatoms. The van der Waals surface area contributed by atoms with Crippen molar-refractivity contribution in [3.05, 3.63) is 53.2 Å². The first-order valence-corrected chi connectivity index (χ1v) is 5.18. The molecular formula is C13H11FN2O. The minimum absolute atomic E-state index is 0.0457. The van der Waals surface area contributed by atoms with E-state index in [0.29, 0.717) is 12.2 Å². The molecule has 2 aromatic rings. The van der Waals surface area contributed by atoms with Crippen LogP contribution in [-0.2, 0) is 6.54 Å². The van der Waals surface area contributed by atoms with Gasteiger partial charge in [-0.2, -0.15) is 5.26 Å². The van der Waals surface area contributed by atoms with Crippen LogP contribution in [0.3, 0.4) is 0 Å². The van der Waals surface area contributed by atoms with E-state index in [1.54, 1.807) is 12.1 Å². The van der Waals surface area contributed by atoms with Crippen LogP contribution in [0.25, 0.3) is 0 Å². The molecule has 0 atom stereocenters. The number of halogens is 1. The van der Waals surface area contributed by atoms with E-state index in [0.717, 1.165) is 11.5 Å². The van der Waals surface area contributed by atoms with Crippen LogP contribution in [-0.4, -0.2) is 0 Å². The number of nitriles is 1. The number of nitrogens with one attached hydrogen (secondary N) is 1. The summed E-state index contributed by atoms with van der Waals surface area (Å²) in [6, 6.07) is 9.93. The summed E-state index contributed by atoms with van der Waals surface area (Å²) in [6.45, 7) is 2.35. The maximum Gasteiger partial charge on any atom is 0.143 e. The molecule has 1 N–H and O–H groups in total. The lowest BCUT2D eigenvalue weighted by Gasteiger charge is -2.04. The molecule has 1 aromatic carbocycles. The first-order chi connectivity index (χ1) is 8.19. The number of hydrogen-bond acceptors (Lipinski definition) is 3. The molecule has 0 aliphatic carbocycles. The van der Waals surface area contributed by atoms with Gasteiger partial charge in [-0.15, -0.1) is 0 Å². The summed E-state index contributed by atoms with van der Waals surface area (Å²) in [4.78, 5) is 0. The van der Waals surface area contributed by atoms with Crippen LogP contribution in [0.15, 0.2) is 34.7 Å². The summed E-state index contributed by atoms with van der Waals surface area (Å²) >= 11 is 0. The van der Waals surface area contributed by atoms with Crippen LogP contribution >= 0.6 is 0 Å². The van der Waals surface area contributed by atoms with Gasteiger partial charge in [0.15, 0.2) is 0 Å². The van der Waals surface area contributed by atoms with Crippen molar-refractivity contribution in [3.63, 3.8) is 0 Å². The van der Waals surface area contributed by atoms with Gasteiger partial charge in [0, 0.05) is 5.69 Å². The average molecular weight is 230 g/mol. The van der Waals surface area contributed by atoms with Gasteiger partial charge in [-0.3, -0.25) is 0 Å². The Balaban J connectivity index is 2.05. The van der Waals surface area contributed by atoms with E-state index in [9.17, 15) is 4.39 Å². The van der Waals surface area contributed by atoms with Crippen LogP contribution in [0.1, 0.15) is 17.1 Å². The molecular weight excluding hydrogens is 219 g/mol. The lowest BCUT2D eigenvalue weighted by molar-refractivity contribution is 0.490. The Kier molecular flexibility index (Phi) is 3.10. The van der Waals surface area contributed by atoms with E-state index in [1.807, 2.05) is 19.1 Å². The van der Waals surface area contributed by atoms with Crippen molar-refractivity contribution in [2.75, 3.05) is 5.32 Å². The first-order valence-electron chi connectivity index (χ1n) is 5.18. The van der Waals surface area contributed by atoms with Crippen molar-refractivity contribution in [3.8, 4) is 6.07 Å². The van der Waals surface area contributed by atoms with Gasteiger partial charge in [0.05, 0.1) is 12.1 Å². The minimum Gasteiger partial charge on any atom is -0.465 e. The molecule has 1 aromatic heterocycles. The molecule has 0 amide bonds. The van der Waals surface area contributed by atoms with Crippen molar-refractivity contribution < 1.29 is 8.81 Å². The Morgan fingerprint density at radius 1 is 1.35 bits per heavy atom. The van der Waals surface area contributed by atoms with Crippen LogP contribution in [0.4, 0.5) is 10.1 Å². The Morgan fingerprint density at radius 3 is 2.76 bits per heavy atom. The third-order valence-corrected chi connectivity index (χ3v) is 2.35. The zero-order valence-electron chi connectivity index (χ0n) is 9.33. The molecule has 0 saturated heterocycles. The van der Waals surface area contributed by atoms with E-state index in [1.165, 1.54) is 12.1 Å². The fourth-order valence-electron chi connectivity index (χ4n) is 1.49. The molecule has 0 bridgehead atoms. The maximum absolute atomic E-state index is 13.3. The third-order valence-electron chi connectivity index (χ3n) is 2.35. The lowest BCUT2D eigenvalue weighted by atomic mass is 10.2. The van der Waals surface area contributed by atoms with Gasteiger partial charge in [0.2, 0.25) is 0 Å². The van der Waals surface area contributed by atoms with Gasteiger partial charge >= 0.3 is 0 Å². The van der Waals surface area contributed by atoms with Crippen LogP contribution in [0, 0.1) is 24.1 Å². The summed E-state index contributed by atoms with van der Waals surface area (Å²) in [5.74, 6) is 1.10. The summed E-state index contributed by atoms with van der Waals surface area (Å²) in [7, 11) is 0. The Labute approximate surface area is 98.5 Å². The summed E-state index contributed by atoms with van der Waals surface area (Å²) < 4.78 is 18.7. The van der Waals surface area contributed by atoms with E-state index in [-0.39, 0.29) is 5.56 Å². The van der Waals surface area contributed by atoms with Gasteiger partial charge in [0.1, 0.15) is 23.4 Å². The van der Waals surface area contributed by atoms with Crippen molar-refractivity contribution in [2.24, 2.45) is 0 Å². The molecule has 0 radical (unpaired) electrons. The Morgan fingerprint density at radius 2 is 2.18 bits per heavy atom. The SMILES string of the molecule is Cc1ccc(CNc2ccc(C#N)c(F)c2)o1. The molecule has 0 aliphatic heterocycles. The number of rotatable bonds is 3. The molecule has 0 saturated carbocycles. The number of nitrogens with zero attached hydrogens (tertiary/aromatic N) is 1. The highest BCUT2D eigenvalue weighted by molar-refractivity contribution is 5.48. The minimum atomic E-state index is -0.520. The Bertz CT molecular complexity index is 569. The molecule has 17 heavy (non-hydrogen) atoms. The van der Waals surface area contributed by atoms with Gasteiger partial charge in [-0.05, 0) is 37.3 Å². The average Bonchev–Trinajstić information content (AvgIpc) is 2.73. The molecule has 0 spiro atoms. The van der Waals surface area contributed by atoms with Crippen molar-refractivity contribution in [1.29, 1.82) is 5.26 Å². The molecule has 0 fully saturated rings. The number of furan rings is 1. The molecule has 1 heterocycles.